The lowest BCUT2D eigenvalue weighted by Crippen LogP contribution is -1.77. The van der Waals surface area contributed by atoms with E-state index in [0.29, 0.717) is 5.70 Å². The molecule has 1 N–H and O–H groups in total. The van der Waals surface area contributed by atoms with Crippen LogP contribution in [0.2, 0.25) is 0 Å². The maximum Gasteiger partial charge on any atom is 0.0834 e. The Kier molecular flexibility index (Phi) is 1.16. The molecule has 0 aliphatic carbocycles. The first-order valence-corrected chi connectivity index (χ1v) is 2.44. The van der Waals surface area contributed by atoms with Crippen molar-refractivity contribution in [3.8, 4) is 0 Å². The summed E-state index contributed by atoms with van der Waals surface area (Å²) >= 11 is 0. The predicted octanol–water partition coefficient (Wildman–Crippen LogP) is 1.14. The van der Waals surface area contributed by atoms with Gasteiger partial charge in [-0.15, -0.1) is 0 Å². The van der Waals surface area contributed by atoms with Crippen molar-refractivity contribution >= 4 is 6.21 Å². The molecule has 0 bridgehead atoms. The third kappa shape index (κ3) is 0.780. The van der Waals surface area contributed by atoms with Gasteiger partial charge in [-0.3, -0.25) is 4.99 Å². The van der Waals surface area contributed by atoms with Crippen LogP contribution in [0, 0.1) is 0 Å². The molecule has 0 unspecified atom stereocenters. The fourth-order valence-electron chi connectivity index (χ4n) is 0.522. The van der Waals surface area contributed by atoms with Crippen LogP contribution in [0.5, 0.6) is 0 Å². The molecule has 41 valence electrons. The molecule has 1 rings (SSSR count). The van der Waals surface area contributed by atoms with Crippen LogP contribution in [0.15, 0.2) is 28.5 Å². The first kappa shape index (κ1) is 5.09. The van der Waals surface area contributed by atoms with E-state index in [0.717, 1.165) is 5.70 Å². The standard InChI is InChI=1S/C6H7N2/c1-5(7)6-3-2-4-8-6/h2-4,7H,1H3. The largest absolute Gasteiger partial charge is 0.303 e. The van der Waals surface area contributed by atoms with Crippen molar-refractivity contribution in [1.82, 2.24) is 5.73 Å². The summed E-state index contributed by atoms with van der Waals surface area (Å²) in [6.07, 6.45) is 5.34. The summed E-state index contributed by atoms with van der Waals surface area (Å²) in [7, 11) is 0. The van der Waals surface area contributed by atoms with Gasteiger partial charge in [-0.2, -0.15) is 0 Å². The molecule has 0 aromatic carbocycles. The first-order chi connectivity index (χ1) is 3.80. The first-order valence-electron chi connectivity index (χ1n) is 2.44. The van der Waals surface area contributed by atoms with Crippen LogP contribution in [-0.2, 0) is 0 Å². The lowest BCUT2D eigenvalue weighted by atomic mass is 10.4. The molecule has 0 aromatic rings. The van der Waals surface area contributed by atoms with E-state index in [4.69, 9.17) is 5.73 Å². The van der Waals surface area contributed by atoms with Gasteiger partial charge in [0.25, 0.3) is 0 Å². The topological polar surface area (TPSA) is 36.2 Å². The Morgan fingerprint density at radius 1 is 1.75 bits per heavy atom. The Morgan fingerprint density at radius 2 is 2.50 bits per heavy atom. The zero-order valence-electron chi connectivity index (χ0n) is 4.68. The minimum absolute atomic E-state index is 0.523. The highest BCUT2D eigenvalue weighted by molar-refractivity contribution is 5.77. The molecule has 0 aromatic heterocycles. The molecule has 0 fully saturated rings. The third-order valence-corrected chi connectivity index (χ3v) is 0.938. The number of nitrogens with one attached hydrogen (secondary N) is 1. The summed E-state index contributed by atoms with van der Waals surface area (Å²) in [5.74, 6) is 0. The van der Waals surface area contributed by atoms with E-state index in [-0.39, 0.29) is 0 Å². The van der Waals surface area contributed by atoms with Gasteiger partial charge in [0.15, 0.2) is 0 Å². The number of hydrogen-bond acceptors (Lipinski definition) is 1. The van der Waals surface area contributed by atoms with Crippen molar-refractivity contribution in [2.24, 2.45) is 4.99 Å². The quantitative estimate of drug-likeness (QED) is 0.445. The fourth-order valence-corrected chi connectivity index (χ4v) is 0.522. The maximum atomic E-state index is 7.09. The SMILES string of the molecule is CC([NH])=C1C=CC=N1. The number of hydrogen-bond donors (Lipinski definition) is 0. The highest BCUT2D eigenvalue weighted by Crippen LogP contribution is 2.06. The third-order valence-electron chi connectivity index (χ3n) is 0.938. The van der Waals surface area contributed by atoms with E-state index in [1.54, 1.807) is 13.1 Å². The van der Waals surface area contributed by atoms with Crippen molar-refractivity contribution in [3.63, 3.8) is 0 Å². The lowest BCUT2D eigenvalue weighted by molar-refractivity contribution is 1.19. The molecule has 1 radical (unpaired) electrons. The van der Waals surface area contributed by atoms with Crippen molar-refractivity contribution in [2.75, 3.05) is 0 Å². The summed E-state index contributed by atoms with van der Waals surface area (Å²) in [5, 5.41) is 0. The minimum Gasteiger partial charge on any atom is -0.303 e. The zero-order chi connectivity index (χ0) is 5.98. The molecule has 1 heterocycles. The summed E-state index contributed by atoms with van der Waals surface area (Å²) < 4.78 is 0. The van der Waals surface area contributed by atoms with Gasteiger partial charge in [-0.25, -0.2) is 0 Å². The Bertz CT molecular complexity index is 157. The van der Waals surface area contributed by atoms with E-state index in [1.807, 2.05) is 12.2 Å². The Hall–Kier alpha value is -1.05. The van der Waals surface area contributed by atoms with Gasteiger partial charge in [0.1, 0.15) is 0 Å². The van der Waals surface area contributed by atoms with Crippen molar-refractivity contribution in [2.45, 2.75) is 6.92 Å². The fraction of sp³-hybridized carbons (Fsp3) is 0.167. The van der Waals surface area contributed by atoms with E-state index < -0.39 is 0 Å². The highest BCUT2D eigenvalue weighted by Gasteiger charge is 1.93. The van der Waals surface area contributed by atoms with Gasteiger partial charge in [-0.1, -0.05) is 0 Å². The summed E-state index contributed by atoms with van der Waals surface area (Å²) in [5.41, 5.74) is 8.38. The molecule has 1 aliphatic rings. The van der Waals surface area contributed by atoms with Crippen LogP contribution in [0.4, 0.5) is 0 Å². The number of aliphatic imine (C=N–C) groups is 1. The molecular formula is C6H7N2. The maximum absolute atomic E-state index is 7.09. The van der Waals surface area contributed by atoms with Gasteiger partial charge in [-0.05, 0) is 19.1 Å². The van der Waals surface area contributed by atoms with Crippen molar-refractivity contribution in [1.29, 1.82) is 0 Å². The second-order valence-corrected chi connectivity index (χ2v) is 1.65. The molecule has 0 saturated carbocycles. The molecule has 0 amide bonds. The van der Waals surface area contributed by atoms with Gasteiger partial charge in [0.2, 0.25) is 0 Å². The average Bonchev–Trinajstić information content (AvgIpc) is 2.12. The van der Waals surface area contributed by atoms with E-state index in [2.05, 4.69) is 4.99 Å². The Morgan fingerprint density at radius 3 is 2.75 bits per heavy atom. The van der Waals surface area contributed by atoms with E-state index in [1.165, 1.54) is 0 Å². The van der Waals surface area contributed by atoms with Gasteiger partial charge >= 0.3 is 0 Å². The normalized spacial score (nSPS) is 22.1. The van der Waals surface area contributed by atoms with Crippen LogP contribution in [0.25, 0.3) is 0 Å². The van der Waals surface area contributed by atoms with Gasteiger partial charge in [0, 0.05) is 6.21 Å². The molecule has 0 atom stereocenters. The average molecular weight is 107 g/mol. The molecule has 0 saturated heterocycles. The monoisotopic (exact) mass is 107 g/mol. The molecule has 2 nitrogen and oxygen atoms in total. The number of rotatable bonds is 0. The summed E-state index contributed by atoms with van der Waals surface area (Å²) in [6.45, 7) is 1.72. The smallest absolute Gasteiger partial charge is 0.0834 e. The summed E-state index contributed by atoms with van der Waals surface area (Å²) in [6, 6.07) is 0. The van der Waals surface area contributed by atoms with Gasteiger partial charge < -0.3 is 5.73 Å². The molecule has 1 aliphatic heterocycles. The van der Waals surface area contributed by atoms with Crippen LogP contribution in [0.1, 0.15) is 6.92 Å². The number of allylic oxidation sites excluding steroid dienone is 3. The Labute approximate surface area is 48.4 Å². The van der Waals surface area contributed by atoms with Crippen molar-refractivity contribution < 1.29 is 0 Å². The Balaban J connectivity index is 2.90. The van der Waals surface area contributed by atoms with Crippen molar-refractivity contribution in [3.05, 3.63) is 23.5 Å². The van der Waals surface area contributed by atoms with Gasteiger partial charge in [0.05, 0.1) is 11.4 Å². The molecule has 8 heavy (non-hydrogen) atoms. The lowest BCUT2D eigenvalue weighted by Gasteiger charge is -1.87. The second-order valence-electron chi connectivity index (χ2n) is 1.65. The van der Waals surface area contributed by atoms with Crippen LogP contribution >= 0.6 is 0 Å². The molecule has 0 spiro atoms. The van der Waals surface area contributed by atoms with Crippen LogP contribution < -0.4 is 5.73 Å². The van der Waals surface area contributed by atoms with E-state index >= 15 is 0 Å². The molecule has 2 heteroatoms. The minimum atomic E-state index is 0.523. The van der Waals surface area contributed by atoms with Crippen LogP contribution in [-0.4, -0.2) is 6.21 Å². The summed E-state index contributed by atoms with van der Waals surface area (Å²) in [4.78, 5) is 3.89. The second kappa shape index (κ2) is 1.82. The number of nitrogens with zero attached hydrogens (tertiary/aromatic N) is 1. The molecular weight excluding hydrogens is 100 g/mol. The zero-order valence-corrected chi connectivity index (χ0v) is 4.68. The van der Waals surface area contributed by atoms with Crippen LogP contribution in [0.3, 0.4) is 0 Å². The van der Waals surface area contributed by atoms with E-state index in [9.17, 15) is 0 Å². The highest BCUT2D eigenvalue weighted by atomic mass is 14.8. The predicted molar refractivity (Wildman–Crippen MR) is 33.4 cm³/mol.